The summed E-state index contributed by atoms with van der Waals surface area (Å²) in [5.41, 5.74) is 1.71. The number of carbonyl (C=O) groups is 2. The Bertz CT molecular complexity index is 1370. The highest BCUT2D eigenvalue weighted by atomic mass is 35.5. The number of carbonyl (C=O) groups excluding carboxylic acids is 2. The first-order valence-corrected chi connectivity index (χ1v) is 11.0. The summed E-state index contributed by atoms with van der Waals surface area (Å²) in [4.78, 5) is 36.9. The topological polar surface area (TPSA) is 102 Å². The average molecular weight is 465 g/mol. The van der Waals surface area contributed by atoms with E-state index in [1.807, 2.05) is 25.1 Å². The number of nitrogens with one attached hydrogen (secondary N) is 1. The minimum Gasteiger partial charge on any atom is -0.378 e. The summed E-state index contributed by atoms with van der Waals surface area (Å²) in [6, 6.07) is 10.3. The molecule has 5 rings (SSSR count). The molecule has 3 aromatic heterocycles. The van der Waals surface area contributed by atoms with Gasteiger partial charge in [-0.25, -0.2) is 14.5 Å². The number of rotatable bonds is 4. The SMILES string of the molecule is CC(NC(=O)c1cnc2cccnn12)c1cc2cccc(Cl)c2c(C(=O)N2CCOCC2)n1. The molecular formula is C23H21ClN6O3. The minimum atomic E-state index is -0.480. The number of morpholine rings is 1. The third kappa shape index (κ3) is 4.01. The molecule has 1 fully saturated rings. The van der Waals surface area contributed by atoms with Crippen molar-refractivity contribution in [2.45, 2.75) is 13.0 Å². The second-order valence-corrected chi connectivity index (χ2v) is 8.18. The molecule has 1 N–H and O–H groups in total. The van der Waals surface area contributed by atoms with Crippen molar-refractivity contribution in [1.82, 2.24) is 29.8 Å². The van der Waals surface area contributed by atoms with Gasteiger partial charge in [0.2, 0.25) is 0 Å². The third-order valence-corrected chi connectivity index (χ3v) is 5.94. The molecule has 0 bridgehead atoms. The first-order valence-electron chi connectivity index (χ1n) is 10.6. The van der Waals surface area contributed by atoms with E-state index in [1.54, 1.807) is 29.3 Å². The molecule has 9 nitrogen and oxygen atoms in total. The maximum Gasteiger partial charge on any atom is 0.273 e. The van der Waals surface area contributed by atoms with Crippen molar-refractivity contribution in [3.05, 3.63) is 70.9 Å². The molecule has 1 aliphatic rings. The number of ether oxygens (including phenoxy) is 1. The van der Waals surface area contributed by atoms with Gasteiger partial charge in [-0.3, -0.25) is 9.59 Å². The van der Waals surface area contributed by atoms with Gasteiger partial charge in [-0.05, 0) is 36.6 Å². The lowest BCUT2D eigenvalue weighted by molar-refractivity contribution is 0.0300. The summed E-state index contributed by atoms with van der Waals surface area (Å²) in [5.74, 6) is -0.550. The van der Waals surface area contributed by atoms with Crippen molar-refractivity contribution in [1.29, 1.82) is 0 Å². The maximum atomic E-state index is 13.3. The Morgan fingerprint density at radius 1 is 1.18 bits per heavy atom. The largest absolute Gasteiger partial charge is 0.378 e. The fourth-order valence-corrected chi connectivity index (χ4v) is 4.18. The Morgan fingerprint density at radius 3 is 2.82 bits per heavy atom. The molecule has 2 amide bonds. The molecule has 33 heavy (non-hydrogen) atoms. The summed E-state index contributed by atoms with van der Waals surface area (Å²) in [7, 11) is 0. The van der Waals surface area contributed by atoms with Gasteiger partial charge in [0.05, 0.1) is 36.2 Å². The third-order valence-electron chi connectivity index (χ3n) is 5.63. The van der Waals surface area contributed by atoms with Crippen molar-refractivity contribution >= 4 is 39.8 Å². The van der Waals surface area contributed by atoms with E-state index in [4.69, 9.17) is 16.3 Å². The van der Waals surface area contributed by atoms with E-state index in [9.17, 15) is 9.59 Å². The van der Waals surface area contributed by atoms with Crippen LogP contribution in [0.25, 0.3) is 16.4 Å². The first-order chi connectivity index (χ1) is 16.0. The molecule has 1 saturated heterocycles. The fraction of sp³-hybridized carbons (Fsp3) is 0.261. The van der Waals surface area contributed by atoms with E-state index >= 15 is 0 Å². The molecule has 0 aliphatic carbocycles. The molecule has 1 atom stereocenters. The Hall–Kier alpha value is -3.56. The van der Waals surface area contributed by atoms with Gasteiger partial charge in [0.15, 0.2) is 5.65 Å². The zero-order valence-electron chi connectivity index (χ0n) is 17.9. The van der Waals surface area contributed by atoms with Crippen molar-refractivity contribution < 1.29 is 14.3 Å². The summed E-state index contributed by atoms with van der Waals surface area (Å²) >= 11 is 6.46. The standard InChI is InChI=1S/C23H21ClN6O3/c1-14(27-22(31)18-13-25-19-6-3-7-26-30(18)19)17-12-15-4-2-5-16(24)20(15)21(28-17)23(32)29-8-10-33-11-9-29/h2-7,12-14H,8-11H2,1H3,(H,27,31). The zero-order chi connectivity index (χ0) is 22.9. The van der Waals surface area contributed by atoms with Gasteiger partial charge in [-0.15, -0.1) is 0 Å². The number of aromatic nitrogens is 4. The number of fused-ring (bicyclic) bond motifs is 2. The van der Waals surface area contributed by atoms with E-state index in [-0.39, 0.29) is 17.5 Å². The number of nitrogens with zero attached hydrogens (tertiary/aromatic N) is 5. The van der Waals surface area contributed by atoms with Crippen LogP contribution in [-0.2, 0) is 4.74 Å². The number of hydrogen-bond donors (Lipinski definition) is 1. The second-order valence-electron chi connectivity index (χ2n) is 7.77. The highest BCUT2D eigenvalue weighted by Gasteiger charge is 2.25. The summed E-state index contributed by atoms with van der Waals surface area (Å²) in [6.07, 6.45) is 3.07. The van der Waals surface area contributed by atoms with Crippen molar-refractivity contribution in [2.75, 3.05) is 26.3 Å². The first kappa shape index (κ1) is 21.3. The average Bonchev–Trinajstić information content (AvgIpc) is 3.28. The lowest BCUT2D eigenvalue weighted by Gasteiger charge is -2.27. The van der Waals surface area contributed by atoms with Crippen molar-refractivity contribution in [3.63, 3.8) is 0 Å². The summed E-state index contributed by atoms with van der Waals surface area (Å²) < 4.78 is 6.84. The highest BCUT2D eigenvalue weighted by Crippen LogP contribution is 2.29. The number of amides is 2. The molecule has 0 saturated carbocycles. The lowest BCUT2D eigenvalue weighted by Crippen LogP contribution is -2.41. The van der Waals surface area contributed by atoms with Gasteiger partial charge in [0, 0.05) is 24.7 Å². The predicted octanol–water partition coefficient (Wildman–Crippen LogP) is 2.89. The van der Waals surface area contributed by atoms with Crippen LogP contribution in [0.3, 0.4) is 0 Å². The molecule has 0 spiro atoms. The Labute approximate surface area is 194 Å². The van der Waals surface area contributed by atoms with Crippen LogP contribution >= 0.6 is 11.6 Å². The van der Waals surface area contributed by atoms with E-state index in [2.05, 4.69) is 20.4 Å². The Morgan fingerprint density at radius 2 is 2.00 bits per heavy atom. The van der Waals surface area contributed by atoms with Crippen LogP contribution in [0.2, 0.25) is 5.02 Å². The molecule has 1 aromatic carbocycles. The molecule has 4 aromatic rings. The Balaban J connectivity index is 1.49. The van der Waals surface area contributed by atoms with Crippen LogP contribution < -0.4 is 5.32 Å². The van der Waals surface area contributed by atoms with Gasteiger partial charge in [0.25, 0.3) is 11.8 Å². The maximum absolute atomic E-state index is 13.3. The van der Waals surface area contributed by atoms with Gasteiger partial charge < -0.3 is 15.0 Å². The molecule has 1 aliphatic heterocycles. The number of pyridine rings is 1. The molecule has 0 radical (unpaired) electrons. The van der Waals surface area contributed by atoms with Crippen molar-refractivity contribution in [3.8, 4) is 0 Å². The van der Waals surface area contributed by atoms with Crippen LogP contribution in [0.5, 0.6) is 0 Å². The molecule has 168 valence electrons. The summed E-state index contributed by atoms with van der Waals surface area (Å²) in [5, 5.41) is 8.96. The number of imidazole rings is 1. The van der Waals surface area contributed by atoms with Gasteiger partial charge in [-0.1, -0.05) is 23.7 Å². The molecular weight excluding hydrogens is 444 g/mol. The highest BCUT2D eigenvalue weighted by molar-refractivity contribution is 6.36. The van der Waals surface area contributed by atoms with Gasteiger partial charge >= 0.3 is 0 Å². The van der Waals surface area contributed by atoms with E-state index < -0.39 is 6.04 Å². The van der Waals surface area contributed by atoms with Crippen LogP contribution in [0, 0.1) is 0 Å². The van der Waals surface area contributed by atoms with Crippen LogP contribution in [-0.4, -0.2) is 62.6 Å². The molecule has 10 heteroatoms. The van der Waals surface area contributed by atoms with Crippen molar-refractivity contribution in [2.24, 2.45) is 0 Å². The number of hydrogen-bond acceptors (Lipinski definition) is 6. The van der Waals surface area contributed by atoms with Crippen LogP contribution in [0.15, 0.2) is 48.8 Å². The minimum absolute atomic E-state index is 0.206. The number of benzene rings is 1. The zero-order valence-corrected chi connectivity index (χ0v) is 18.6. The fourth-order valence-electron chi connectivity index (χ4n) is 3.91. The van der Waals surface area contributed by atoms with E-state index in [0.29, 0.717) is 53.7 Å². The predicted molar refractivity (Wildman–Crippen MR) is 122 cm³/mol. The Kier molecular flexibility index (Phi) is 5.65. The molecule has 1 unspecified atom stereocenters. The van der Waals surface area contributed by atoms with Gasteiger partial charge in [-0.2, -0.15) is 5.10 Å². The lowest BCUT2D eigenvalue weighted by atomic mass is 10.0. The van der Waals surface area contributed by atoms with E-state index in [1.165, 1.54) is 10.7 Å². The normalized spacial score (nSPS) is 15.0. The van der Waals surface area contributed by atoms with E-state index in [0.717, 1.165) is 5.39 Å². The van der Waals surface area contributed by atoms with Crippen LogP contribution in [0.1, 0.15) is 39.6 Å². The number of halogens is 1. The molecule has 4 heterocycles. The monoisotopic (exact) mass is 464 g/mol. The summed E-state index contributed by atoms with van der Waals surface area (Å²) in [6.45, 7) is 3.76. The second kappa shape index (κ2) is 8.76. The quantitative estimate of drug-likeness (QED) is 0.498. The smallest absolute Gasteiger partial charge is 0.273 e. The van der Waals surface area contributed by atoms with Gasteiger partial charge in [0.1, 0.15) is 11.4 Å². The van der Waals surface area contributed by atoms with Crippen LogP contribution in [0.4, 0.5) is 0 Å².